The van der Waals surface area contributed by atoms with Crippen LogP contribution in [-0.2, 0) is 9.59 Å². The van der Waals surface area contributed by atoms with Crippen molar-refractivity contribution < 1.29 is 19.8 Å². The number of carboxylic acids is 1. The van der Waals surface area contributed by atoms with Crippen molar-refractivity contribution in [3.63, 3.8) is 0 Å². The average molecular weight is 296 g/mol. The van der Waals surface area contributed by atoms with Gasteiger partial charge in [0, 0.05) is 19.2 Å². The van der Waals surface area contributed by atoms with Crippen LogP contribution in [0, 0.1) is 12.8 Å². The Kier molecular flexibility index (Phi) is 4.26. The van der Waals surface area contributed by atoms with Crippen LogP contribution in [0.25, 0.3) is 0 Å². The lowest BCUT2D eigenvalue weighted by atomic mass is 10.0. The van der Waals surface area contributed by atoms with E-state index in [0.717, 1.165) is 0 Å². The van der Waals surface area contributed by atoms with Crippen molar-refractivity contribution in [1.82, 2.24) is 19.9 Å². The van der Waals surface area contributed by atoms with Gasteiger partial charge in [0.15, 0.2) is 0 Å². The van der Waals surface area contributed by atoms with Crippen LogP contribution in [-0.4, -0.2) is 60.7 Å². The minimum Gasteiger partial charge on any atom is -0.480 e. The van der Waals surface area contributed by atoms with Crippen molar-refractivity contribution in [1.29, 1.82) is 0 Å². The zero-order valence-corrected chi connectivity index (χ0v) is 12.3. The number of aromatic nitrogens is 3. The highest BCUT2D eigenvalue weighted by Gasteiger charge is 2.42. The highest BCUT2D eigenvalue weighted by molar-refractivity contribution is 5.87. The lowest BCUT2D eigenvalue weighted by molar-refractivity contribution is -0.150. The second-order valence-corrected chi connectivity index (χ2v) is 5.76. The van der Waals surface area contributed by atoms with Crippen LogP contribution >= 0.6 is 0 Å². The summed E-state index contributed by atoms with van der Waals surface area (Å²) in [6.45, 7) is 5.53. The fourth-order valence-electron chi connectivity index (χ4n) is 2.67. The normalized spacial score (nSPS) is 23.6. The van der Waals surface area contributed by atoms with E-state index in [1.165, 1.54) is 9.58 Å². The van der Waals surface area contributed by atoms with Crippen LogP contribution in [0.3, 0.4) is 0 Å². The van der Waals surface area contributed by atoms with Gasteiger partial charge in [0.1, 0.15) is 12.1 Å². The zero-order valence-electron chi connectivity index (χ0n) is 12.3. The van der Waals surface area contributed by atoms with Crippen molar-refractivity contribution >= 4 is 11.9 Å². The summed E-state index contributed by atoms with van der Waals surface area (Å²) in [6.07, 6.45) is 0.910. The van der Waals surface area contributed by atoms with E-state index < -0.39 is 24.2 Å². The highest BCUT2D eigenvalue weighted by Crippen LogP contribution is 2.26. The number of amides is 1. The Bertz CT molecular complexity index is 542. The minimum atomic E-state index is -1.10. The van der Waals surface area contributed by atoms with Gasteiger partial charge in [-0.2, -0.15) is 0 Å². The van der Waals surface area contributed by atoms with E-state index in [0.29, 0.717) is 5.69 Å². The van der Waals surface area contributed by atoms with Crippen LogP contribution in [0.15, 0.2) is 6.20 Å². The van der Waals surface area contributed by atoms with Crippen LogP contribution in [0.5, 0.6) is 0 Å². The van der Waals surface area contributed by atoms with Gasteiger partial charge in [-0.15, -0.1) is 5.10 Å². The predicted octanol–water partition coefficient (Wildman–Crippen LogP) is -0.170. The Morgan fingerprint density at radius 1 is 1.43 bits per heavy atom. The number of aliphatic hydroxyl groups is 1. The quantitative estimate of drug-likeness (QED) is 0.798. The van der Waals surface area contributed by atoms with Gasteiger partial charge in [0.05, 0.1) is 11.8 Å². The van der Waals surface area contributed by atoms with Gasteiger partial charge in [0.25, 0.3) is 0 Å². The first kappa shape index (κ1) is 15.4. The van der Waals surface area contributed by atoms with Crippen LogP contribution < -0.4 is 0 Å². The Balaban J connectivity index is 2.28. The molecule has 0 radical (unpaired) electrons. The molecule has 2 rings (SSSR count). The molecule has 1 amide bonds. The number of hydrogen-bond donors (Lipinski definition) is 2. The molecule has 8 nitrogen and oxygen atoms in total. The number of carbonyl (C=O) groups excluding carboxylic acids is 1. The lowest BCUT2D eigenvalue weighted by Gasteiger charge is -2.28. The number of nitrogens with zero attached hydrogens (tertiary/aromatic N) is 4. The highest BCUT2D eigenvalue weighted by atomic mass is 16.4. The first-order valence-electron chi connectivity index (χ1n) is 6.91. The Morgan fingerprint density at radius 2 is 2.10 bits per heavy atom. The van der Waals surface area contributed by atoms with Gasteiger partial charge in [-0.05, 0) is 12.8 Å². The standard InChI is InChI=1S/C13H20N4O4/c1-7(2)11(17-5-8(3)14-15-17)12(19)16-6-9(18)4-10(16)13(20)21/h5,7,9-11,18H,4,6H2,1-3H3,(H,20,21)/t9-,10+,11?/m1/s1. The fraction of sp³-hybridized carbons (Fsp3) is 0.692. The predicted molar refractivity (Wildman–Crippen MR) is 72.4 cm³/mol. The molecule has 1 aliphatic heterocycles. The summed E-state index contributed by atoms with van der Waals surface area (Å²) in [6, 6.07) is -1.61. The van der Waals surface area contributed by atoms with E-state index in [1.54, 1.807) is 13.1 Å². The number of hydrogen-bond acceptors (Lipinski definition) is 5. The van der Waals surface area contributed by atoms with E-state index in [2.05, 4.69) is 10.3 Å². The Hall–Kier alpha value is -1.96. The molecular weight excluding hydrogens is 276 g/mol. The molecule has 21 heavy (non-hydrogen) atoms. The maximum Gasteiger partial charge on any atom is 0.326 e. The summed E-state index contributed by atoms with van der Waals surface area (Å²) in [5.74, 6) is -1.53. The van der Waals surface area contributed by atoms with E-state index in [9.17, 15) is 19.8 Å². The summed E-state index contributed by atoms with van der Waals surface area (Å²) in [5, 5.41) is 26.7. The number of aliphatic carboxylic acids is 1. The van der Waals surface area contributed by atoms with Gasteiger partial charge in [-0.25, -0.2) is 9.48 Å². The molecule has 0 saturated carbocycles. The molecule has 116 valence electrons. The van der Waals surface area contributed by atoms with Crippen molar-refractivity contribution in [2.45, 2.75) is 45.4 Å². The molecule has 2 N–H and O–H groups in total. The number of carboxylic acid groups (broad SMARTS) is 1. The molecule has 1 aromatic rings. The topological polar surface area (TPSA) is 109 Å². The van der Waals surface area contributed by atoms with Gasteiger partial charge >= 0.3 is 5.97 Å². The molecule has 0 aromatic carbocycles. The maximum absolute atomic E-state index is 12.7. The molecule has 0 spiro atoms. The largest absolute Gasteiger partial charge is 0.480 e. The summed E-state index contributed by atoms with van der Waals surface area (Å²) < 4.78 is 1.46. The number of rotatable bonds is 4. The molecule has 1 fully saturated rings. The van der Waals surface area contributed by atoms with E-state index in [4.69, 9.17) is 0 Å². The van der Waals surface area contributed by atoms with Crippen molar-refractivity contribution in [2.75, 3.05) is 6.54 Å². The van der Waals surface area contributed by atoms with Crippen molar-refractivity contribution in [2.24, 2.45) is 5.92 Å². The number of aryl methyl sites for hydroxylation is 1. The van der Waals surface area contributed by atoms with Gasteiger partial charge in [-0.1, -0.05) is 19.1 Å². The van der Waals surface area contributed by atoms with Crippen LogP contribution in [0.1, 0.15) is 32.0 Å². The van der Waals surface area contributed by atoms with Crippen LogP contribution in [0.2, 0.25) is 0 Å². The van der Waals surface area contributed by atoms with E-state index in [1.807, 2.05) is 13.8 Å². The molecule has 1 aromatic heterocycles. The molecule has 8 heteroatoms. The fourth-order valence-corrected chi connectivity index (χ4v) is 2.67. The van der Waals surface area contributed by atoms with E-state index in [-0.39, 0.29) is 24.8 Å². The van der Waals surface area contributed by atoms with Crippen molar-refractivity contribution in [3.05, 3.63) is 11.9 Å². The smallest absolute Gasteiger partial charge is 0.326 e. The van der Waals surface area contributed by atoms with Crippen LogP contribution in [0.4, 0.5) is 0 Å². The van der Waals surface area contributed by atoms with Gasteiger partial charge in [0.2, 0.25) is 5.91 Å². The molecule has 3 atom stereocenters. The first-order valence-corrected chi connectivity index (χ1v) is 6.91. The van der Waals surface area contributed by atoms with Gasteiger partial charge in [-0.3, -0.25) is 4.79 Å². The second-order valence-electron chi connectivity index (χ2n) is 5.76. The monoisotopic (exact) mass is 296 g/mol. The SMILES string of the molecule is Cc1cn(C(C(=O)N2C[C@H](O)C[C@H]2C(=O)O)C(C)C)nn1. The van der Waals surface area contributed by atoms with Gasteiger partial charge < -0.3 is 15.1 Å². The molecule has 0 bridgehead atoms. The molecule has 2 heterocycles. The third kappa shape index (κ3) is 3.05. The average Bonchev–Trinajstić information content (AvgIpc) is 2.95. The number of likely N-dealkylation sites (tertiary alicyclic amines) is 1. The third-order valence-electron chi connectivity index (χ3n) is 3.64. The second kappa shape index (κ2) is 5.80. The summed E-state index contributed by atoms with van der Waals surface area (Å²) in [7, 11) is 0. The number of β-amino-alcohol motifs (C(OH)–C–C–N with tert-alkyl or cyclic N) is 1. The first-order chi connectivity index (χ1) is 9.81. The molecular formula is C13H20N4O4. The van der Waals surface area contributed by atoms with Crippen molar-refractivity contribution in [3.8, 4) is 0 Å². The summed E-state index contributed by atoms with van der Waals surface area (Å²) >= 11 is 0. The number of aliphatic hydroxyl groups excluding tert-OH is 1. The molecule has 1 aliphatic rings. The lowest BCUT2D eigenvalue weighted by Crippen LogP contribution is -2.45. The Morgan fingerprint density at radius 3 is 2.57 bits per heavy atom. The van der Waals surface area contributed by atoms with E-state index >= 15 is 0 Å². The maximum atomic E-state index is 12.7. The molecule has 1 unspecified atom stereocenters. The molecule has 1 saturated heterocycles. The minimum absolute atomic E-state index is 0.0344. The summed E-state index contributed by atoms with van der Waals surface area (Å²) in [5.41, 5.74) is 0.685. The third-order valence-corrected chi connectivity index (χ3v) is 3.64. The Labute approximate surface area is 122 Å². The molecule has 0 aliphatic carbocycles. The zero-order chi connectivity index (χ0) is 15.7. The summed E-state index contributed by atoms with van der Waals surface area (Å²) in [4.78, 5) is 25.2. The number of carbonyl (C=O) groups is 2.